The van der Waals surface area contributed by atoms with E-state index in [1.54, 1.807) is 18.3 Å². The van der Waals surface area contributed by atoms with Crippen molar-refractivity contribution in [1.29, 1.82) is 0 Å². The predicted octanol–water partition coefficient (Wildman–Crippen LogP) is 3.27. The number of methoxy groups -OCH3 is 1. The van der Waals surface area contributed by atoms with Crippen LogP contribution in [0.2, 0.25) is 0 Å². The summed E-state index contributed by atoms with van der Waals surface area (Å²) in [4.78, 5) is 18.1. The Morgan fingerprint density at radius 1 is 1.42 bits per heavy atom. The van der Waals surface area contributed by atoms with E-state index >= 15 is 0 Å². The number of nitrogens with zero attached hydrogens (tertiary/aromatic N) is 2. The second-order valence-corrected chi connectivity index (χ2v) is 4.89. The number of carbonyl (C=O) groups is 1. The molecule has 0 saturated carbocycles. The van der Waals surface area contributed by atoms with E-state index in [1.165, 1.54) is 20.0 Å². The summed E-state index contributed by atoms with van der Waals surface area (Å²) in [6.45, 7) is 7.43. The minimum Gasteiger partial charge on any atom is -0.465 e. The number of ether oxygens (including phenoxy) is 1. The highest BCUT2D eigenvalue weighted by molar-refractivity contribution is 5.90. The second kappa shape index (κ2) is 7.77. The van der Waals surface area contributed by atoms with Gasteiger partial charge in [-0.25, -0.2) is 9.78 Å². The molecule has 0 unspecified atom stereocenters. The lowest BCUT2D eigenvalue weighted by molar-refractivity contribution is 0.0600. The number of carbonyl (C=O) groups excluding carboxylic acids is 1. The third-order valence-corrected chi connectivity index (χ3v) is 3.09. The highest BCUT2D eigenvalue weighted by Gasteiger charge is 2.14. The minimum absolute atomic E-state index is 0.319. The lowest BCUT2D eigenvalue weighted by Gasteiger charge is -2.28. The smallest absolute Gasteiger partial charge is 0.338 e. The summed E-state index contributed by atoms with van der Waals surface area (Å²) < 4.78 is 4.74. The van der Waals surface area contributed by atoms with Crippen molar-refractivity contribution in [1.82, 2.24) is 4.98 Å². The van der Waals surface area contributed by atoms with Gasteiger partial charge in [-0.15, -0.1) is 0 Å². The molecule has 0 amide bonds. The number of aromatic nitrogens is 1. The largest absolute Gasteiger partial charge is 0.465 e. The van der Waals surface area contributed by atoms with Crippen LogP contribution in [-0.4, -0.2) is 30.6 Å². The van der Waals surface area contributed by atoms with Crippen molar-refractivity contribution >= 4 is 11.8 Å². The summed E-state index contributed by atoms with van der Waals surface area (Å²) in [7, 11) is 1.39. The third kappa shape index (κ3) is 4.54. The van der Waals surface area contributed by atoms with Crippen LogP contribution in [0.1, 0.15) is 50.4 Å². The third-order valence-electron chi connectivity index (χ3n) is 3.09. The number of rotatable bonds is 7. The number of pyridine rings is 1. The van der Waals surface area contributed by atoms with E-state index in [4.69, 9.17) is 4.74 Å². The summed E-state index contributed by atoms with van der Waals surface area (Å²) >= 11 is 0. The van der Waals surface area contributed by atoms with E-state index in [9.17, 15) is 4.79 Å². The number of hydrogen-bond acceptors (Lipinski definition) is 4. The number of hydrogen-bond donors (Lipinski definition) is 0. The van der Waals surface area contributed by atoms with E-state index in [-0.39, 0.29) is 5.97 Å². The van der Waals surface area contributed by atoms with Gasteiger partial charge in [-0.3, -0.25) is 0 Å². The van der Waals surface area contributed by atoms with E-state index in [0.717, 1.165) is 18.8 Å². The van der Waals surface area contributed by atoms with Crippen LogP contribution in [0, 0.1) is 0 Å². The average Bonchev–Trinajstić information content (AvgIpc) is 2.42. The van der Waals surface area contributed by atoms with Gasteiger partial charge in [0.05, 0.1) is 12.7 Å². The van der Waals surface area contributed by atoms with Crippen molar-refractivity contribution in [3.05, 3.63) is 23.9 Å². The van der Waals surface area contributed by atoms with Crippen LogP contribution < -0.4 is 4.90 Å². The summed E-state index contributed by atoms with van der Waals surface area (Å²) in [6.07, 6.45) is 5.21. The zero-order chi connectivity index (χ0) is 14.3. The molecule has 0 aromatic carbocycles. The fraction of sp³-hybridized carbons (Fsp3) is 0.600. The fourth-order valence-electron chi connectivity index (χ4n) is 1.99. The van der Waals surface area contributed by atoms with Gasteiger partial charge in [-0.05, 0) is 32.4 Å². The zero-order valence-electron chi connectivity index (χ0n) is 12.3. The Balaban J connectivity index is 2.86. The average molecular weight is 264 g/mol. The molecule has 4 nitrogen and oxygen atoms in total. The summed E-state index contributed by atoms with van der Waals surface area (Å²) in [5.74, 6) is 0.523. The van der Waals surface area contributed by atoms with E-state index in [0.29, 0.717) is 11.6 Å². The molecule has 0 spiro atoms. The topological polar surface area (TPSA) is 42.4 Å². The highest BCUT2D eigenvalue weighted by Crippen LogP contribution is 2.17. The molecule has 0 N–H and O–H groups in total. The number of unbranched alkanes of at least 4 members (excludes halogenated alkanes) is 2. The lowest BCUT2D eigenvalue weighted by atomic mass is 10.2. The molecule has 0 atom stereocenters. The fourth-order valence-corrected chi connectivity index (χ4v) is 1.99. The normalized spacial score (nSPS) is 10.6. The molecule has 0 aliphatic carbocycles. The first kappa shape index (κ1) is 15.5. The molecule has 106 valence electrons. The predicted molar refractivity (Wildman–Crippen MR) is 77.6 cm³/mol. The standard InChI is InChI=1S/C15H24N2O2/c1-5-6-7-10-17(12(2)3)14-11-13(8-9-16-14)15(18)19-4/h8-9,11-12H,5-7,10H2,1-4H3. The molecule has 0 saturated heterocycles. The van der Waals surface area contributed by atoms with E-state index in [1.807, 2.05) is 0 Å². The monoisotopic (exact) mass is 264 g/mol. The molecular formula is C15H24N2O2. The van der Waals surface area contributed by atoms with Gasteiger partial charge < -0.3 is 9.64 Å². The van der Waals surface area contributed by atoms with Crippen molar-refractivity contribution in [2.75, 3.05) is 18.6 Å². The Morgan fingerprint density at radius 3 is 2.74 bits per heavy atom. The Labute approximate surface area is 115 Å². The van der Waals surface area contributed by atoms with Crippen LogP contribution in [0.3, 0.4) is 0 Å². The van der Waals surface area contributed by atoms with Gasteiger partial charge >= 0.3 is 5.97 Å². The van der Waals surface area contributed by atoms with Crippen molar-refractivity contribution in [3.63, 3.8) is 0 Å². The highest BCUT2D eigenvalue weighted by atomic mass is 16.5. The zero-order valence-corrected chi connectivity index (χ0v) is 12.3. The van der Waals surface area contributed by atoms with Gasteiger partial charge in [-0.2, -0.15) is 0 Å². The van der Waals surface area contributed by atoms with Crippen LogP contribution in [0.4, 0.5) is 5.82 Å². The lowest BCUT2D eigenvalue weighted by Crippen LogP contribution is -2.32. The molecule has 1 heterocycles. The SMILES string of the molecule is CCCCCN(c1cc(C(=O)OC)ccn1)C(C)C. The Hall–Kier alpha value is -1.58. The van der Waals surface area contributed by atoms with Gasteiger partial charge in [0.2, 0.25) is 0 Å². The Bertz CT molecular complexity index is 405. The van der Waals surface area contributed by atoms with Gasteiger partial charge in [-0.1, -0.05) is 19.8 Å². The first-order chi connectivity index (χ1) is 9.10. The van der Waals surface area contributed by atoms with Gasteiger partial charge in [0.25, 0.3) is 0 Å². The van der Waals surface area contributed by atoms with Crippen molar-refractivity contribution in [3.8, 4) is 0 Å². The van der Waals surface area contributed by atoms with E-state index in [2.05, 4.69) is 30.7 Å². The quantitative estimate of drug-likeness (QED) is 0.560. The maximum Gasteiger partial charge on any atom is 0.338 e. The second-order valence-electron chi connectivity index (χ2n) is 4.89. The summed E-state index contributed by atoms with van der Waals surface area (Å²) in [5.41, 5.74) is 0.550. The van der Waals surface area contributed by atoms with Crippen LogP contribution in [0.25, 0.3) is 0 Å². The van der Waals surface area contributed by atoms with Crippen LogP contribution in [-0.2, 0) is 4.74 Å². The molecule has 0 radical (unpaired) electrons. The molecule has 1 aromatic rings. The van der Waals surface area contributed by atoms with Crippen LogP contribution in [0.15, 0.2) is 18.3 Å². The van der Waals surface area contributed by atoms with Crippen molar-refractivity contribution in [2.24, 2.45) is 0 Å². The molecule has 19 heavy (non-hydrogen) atoms. The van der Waals surface area contributed by atoms with Crippen molar-refractivity contribution < 1.29 is 9.53 Å². The first-order valence-corrected chi connectivity index (χ1v) is 6.91. The molecule has 0 aliphatic rings. The number of esters is 1. The molecule has 1 aromatic heterocycles. The Kier molecular flexibility index (Phi) is 6.33. The Morgan fingerprint density at radius 2 is 2.16 bits per heavy atom. The minimum atomic E-state index is -0.319. The van der Waals surface area contributed by atoms with Crippen LogP contribution in [0.5, 0.6) is 0 Å². The van der Waals surface area contributed by atoms with Gasteiger partial charge in [0.15, 0.2) is 0 Å². The maximum absolute atomic E-state index is 11.5. The van der Waals surface area contributed by atoms with Crippen LogP contribution >= 0.6 is 0 Å². The van der Waals surface area contributed by atoms with Gasteiger partial charge in [0, 0.05) is 18.8 Å². The maximum atomic E-state index is 11.5. The van der Waals surface area contributed by atoms with Crippen molar-refractivity contribution in [2.45, 2.75) is 46.1 Å². The molecular weight excluding hydrogens is 240 g/mol. The molecule has 0 bridgehead atoms. The summed E-state index contributed by atoms with van der Waals surface area (Å²) in [6, 6.07) is 3.84. The molecule has 0 fully saturated rings. The molecule has 1 rings (SSSR count). The summed E-state index contributed by atoms with van der Waals surface area (Å²) in [5, 5.41) is 0. The van der Waals surface area contributed by atoms with Gasteiger partial charge in [0.1, 0.15) is 5.82 Å². The number of anilines is 1. The first-order valence-electron chi connectivity index (χ1n) is 6.91. The molecule has 4 heteroatoms. The molecule has 0 aliphatic heterocycles. The van der Waals surface area contributed by atoms with E-state index < -0.39 is 0 Å².